The van der Waals surface area contributed by atoms with E-state index >= 15 is 0 Å². The highest BCUT2D eigenvalue weighted by Crippen LogP contribution is 2.32. The normalized spacial score (nSPS) is 18.1. The Morgan fingerprint density at radius 3 is 3.00 bits per heavy atom. The molecule has 1 unspecified atom stereocenters. The second-order valence-corrected chi connectivity index (χ2v) is 8.21. The zero-order valence-electron chi connectivity index (χ0n) is 17.3. The van der Waals surface area contributed by atoms with Gasteiger partial charge in [-0.1, -0.05) is 12.1 Å². The molecule has 0 aliphatic carbocycles. The monoisotopic (exact) mass is 421 g/mol. The summed E-state index contributed by atoms with van der Waals surface area (Å²) in [4.78, 5) is 29.0. The van der Waals surface area contributed by atoms with Crippen LogP contribution in [0.3, 0.4) is 0 Å². The van der Waals surface area contributed by atoms with Gasteiger partial charge in [-0.2, -0.15) is 5.10 Å². The van der Waals surface area contributed by atoms with Crippen LogP contribution in [0.2, 0.25) is 0 Å². The minimum Gasteiger partial charge on any atom is -0.355 e. The van der Waals surface area contributed by atoms with E-state index in [1.54, 1.807) is 16.0 Å². The average molecular weight is 421 g/mol. The van der Waals surface area contributed by atoms with Crippen LogP contribution in [0.15, 0.2) is 42.6 Å². The van der Waals surface area contributed by atoms with Crippen molar-refractivity contribution in [3.8, 4) is 0 Å². The predicted octanol–water partition coefficient (Wildman–Crippen LogP) is 3.23. The first-order valence-electron chi connectivity index (χ1n) is 10.5. The van der Waals surface area contributed by atoms with Crippen LogP contribution in [-0.4, -0.2) is 57.2 Å². The van der Waals surface area contributed by atoms with E-state index in [1.807, 2.05) is 48.1 Å². The third-order valence-corrected chi connectivity index (χ3v) is 6.24. The largest absolute Gasteiger partial charge is 0.355 e. The molecule has 8 heteroatoms. The van der Waals surface area contributed by atoms with Crippen molar-refractivity contribution in [2.24, 2.45) is 7.05 Å². The Labute approximate surface area is 179 Å². The maximum atomic E-state index is 13.2. The van der Waals surface area contributed by atoms with Crippen molar-refractivity contribution in [2.45, 2.75) is 25.4 Å². The summed E-state index contributed by atoms with van der Waals surface area (Å²) in [5.74, 6) is -0.359. The third-order valence-electron chi connectivity index (χ3n) is 6.24. The minimum absolute atomic E-state index is 0.0227. The number of carbonyl (C=O) groups is 2. The minimum atomic E-state index is -0.532. The Kier molecular flexibility index (Phi) is 4.84. The number of aryl methyl sites for hydroxylation is 1. The lowest BCUT2D eigenvalue weighted by Gasteiger charge is -2.25. The lowest BCUT2D eigenvalue weighted by molar-refractivity contribution is -0.133. The fourth-order valence-electron chi connectivity index (χ4n) is 4.63. The number of alkyl halides is 1. The van der Waals surface area contributed by atoms with Gasteiger partial charge in [0.1, 0.15) is 13.2 Å². The average Bonchev–Trinajstić information content (AvgIpc) is 3.47. The molecule has 2 amide bonds. The highest BCUT2D eigenvalue weighted by molar-refractivity contribution is 6.05. The number of likely N-dealkylation sites (tertiary alicyclic amines) is 1. The maximum Gasteiger partial charge on any atom is 0.257 e. The molecule has 0 spiro atoms. The molecule has 0 saturated carbocycles. The van der Waals surface area contributed by atoms with Gasteiger partial charge in [-0.3, -0.25) is 14.3 Å². The molecule has 2 aliphatic rings. The summed E-state index contributed by atoms with van der Waals surface area (Å²) in [6.07, 6.45) is 3.30. The molecule has 1 fully saturated rings. The van der Waals surface area contributed by atoms with Crippen LogP contribution in [-0.2, 0) is 18.4 Å². The van der Waals surface area contributed by atoms with E-state index in [9.17, 15) is 14.0 Å². The van der Waals surface area contributed by atoms with Crippen molar-refractivity contribution in [1.82, 2.24) is 19.6 Å². The van der Waals surface area contributed by atoms with E-state index in [0.29, 0.717) is 30.8 Å². The Balaban J connectivity index is 1.35. The molecular weight excluding hydrogens is 397 g/mol. The van der Waals surface area contributed by atoms with E-state index in [0.717, 1.165) is 28.6 Å². The zero-order valence-corrected chi connectivity index (χ0v) is 17.3. The van der Waals surface area contributed by atoms with Crippen molar-refractivity contribution in [3.05, 3.63) is 53.7 Å². The van der Waals surface area contributed by atoms with Gasteiger partial charge in [0.2, 0.25) is 5.91 Å². The highest BCUT2D eigenvalue weighted by atomic mass is 19.1. The van der Waals surface area contributed by atoms with Gasteiger partial charge >= 0.3 is 0 Å². The molecule has 2 aliphatic heterocycles. The second kappa shape index (κ2) is 7.68. The van der Waals surface area contributed by atoms with Crippen LogP contribution in [0.5, 0.6) is 0 Å². The fourth-order valence-corrected chi connectivity index (χ4v) is 4.63. The van der Waals surface area contributed by atoms with Crippen molar-refractivity contribution < 1.29 is 14.0 Å². The van der Waals surface area contributed by atoms with E-state index in [1.165, 1.54) is 0 Å². The van der Waals surface area contributed by atoms with Crippen LogP contribution in [0.25, 0.3) is 10.9 Å². The smallest absolute Gasteiger partial charge is 0.257 e. The fraction of sp³-hybridized carbons (Fsp3) is 0.348. The molecule has 1 N–H and O–H groups in total. The maximum absolute atomic E-state index is 13.2. The van der Waals surface area contributed by atoms with E-state index in [2.05, 4.69) is 10.4 Å². The van der Waals surface area contributed by atoms with Crippen LogP contribution in [0.1, 0.15) is 28.8 Å². The van der Waals surface area contributed by atoms with Crippen LogP contribution in [0, 0.1) is 0 Å². The lowest BCUT2D eigenvalue weighted by atomic mass is 10.1. The molecule has 160 valence electrons. The molecule has 1 aromatic heterocycles. The highest BCUT2D eigenvalue weighted by Gasteiger charge is 2.35. The number of benzene rings is 2. The molecule has 31 heavy (non-hydrogen) atoms. The van der Waals surface area contributed by atoms with Crippen molar-refractivity contribution >= 4 is 34.1 Å². The SMILES string of the molecule is Cn1ncc2cc(Nc3cccc4c3C(=O)N(CC(=O)N3CCCC3CF)C4)ccc21. The summed E-state index contributed by atoms with van der Waals surface area (Å²) in [6.45, 7) is 0.386. The molecule has 3 aromatic rings. The molecule has 7 nitrogen and oxygen atoms in total. The first kappa shape index (κ1) is 19.5. The zero-order chi connectivity index (χ0) is 21.5. The number of carbonyl (C=O) groups excluding carboxylic acids is 2. The van der Waals surface area contributed by atoms with E-state index in [-0.39, 0.29) is 24.4 Å². The first-order chi connectivity index (χ1) is 15.0. The Morgan fingerprint density at radius 1 is 1.29 bits per heavy atom. The lowest BCUT2D eigenvalue weighted by Crippen LogP contribution is -2.43. The van der Waals surface area contributed by atoms with Gasteiger partial charge in [0, 0.05) is 31.2 Å². The molecule has 2 aromatic carbocycles. The molecule has 0 radical (unpaired) electrons. The number of aromatic nitrogens is 2. The summed E-state index contributed by atoms with van der Waals surface area (Å²) >= 11 is 0. The number of nitrogens with one attached hydrogen (secondary N) is 1. The van der Waals surface area contributed by atoms with Gasteiger partial charge in [-0.15, -0.1) is 0 Å². The molecule has 3 heterocycles. The topological polar surface area (TPSA) is 70.5 Å². The molecule has 0 bridgehead atoms. The number of nitrogens with zero attached hydrogens (tertiary/aromatic N) is 4. The number of amides is 2. The van der Waals surface area contributed by atoms with Crippen LogP contribution < -0.4 is 5.32 Å². The number of anilines is 2. The van der Waals surface area contributed by atoms with Gasteiger partial charge in [0.05, 0.1) is 29.0 Å². The van der Waals surface area contributed by atoms with Gasteiger partial charge < -0.3 is 15.1 Å². The van der Waals surface area contributed by atoms with Crippen molar-refractivity contribution in [2.75, 3.05) is 25.1 Å². The Bertz CT molecular complexity index is 1170. The standard InChI is InChI=1S/C23H24FN5O2/c1-27-20-8-7-17(10-16(20)12-25-27)26-19-6-2-4-15-13-28(23(31)22(15)19)14-21(30)29-9-3-5-18(29)11-24/h2,4,6-8,10,12,18,26H,3,5,9,11,13-14H2,1H3. The molecular formula is C23H24FN5O2. The number of rotatable bonds is 5. The summed E-state index contributed by atoms with van der Waals surface area (Å²) < 4.78 is 15.0. The number of hydrogen-bond donors (Lipinski definition) is 1. The summed E-state index contributed by atoms with van der Waals surface area (Å²) in [5, 5.41) is 8.62. The molecule has 1 atom stereocenters. The molecule has 1 saturated heterocycles. The second-order valence-electron chi connectivity index (χ2n) is 8.21. The van der Waals surface area contributed by atoms with E-state index in [4.69, 9.17) is 0 Å². The number of halogens is 1. The predicted molar refractivity (Wildman–Crippen MR) is 116 cm³/mol. The molecule has 5 rings (SSSR count). The Morgan fingerprint density at radius 2 is 2.16 bits per heavy atom. The van der Waals surface area contributed by atoms with Gasteiger partial charge in [-0.05, 0) is 42.7 Å². The first-order valence-corrected chi connectivity index (χ1v) is 10.5. The number of hydrogen-bond acceptors (Lipinski definition) is 4. The van der Waals surface area contributed by atoms with Crippen LogP contribution >= 0.6 is 0 Å². The summed E-state index contributed by atoms with van der Waals surface area (Å²) in [7, 11) is 1.89. The van der Waals surface area contributed by atoms with Crippen LogP contribution in [0.4, 0.5) is 15.8 Å². The summed E-state index contributed by atoms with van der Waals surface area (Å²) in [5.41, 5.74) is 4.07. The Hall–Kier alpha value is -3.42. The summed E-state index contributed by atoms with van der Waals surface area (Å²) in [6, 6.07) is 11.3. The van der Waals surface area contributed by atoms with Crippen molar-refractivity contribution in [1.29, 1.82) is 0 Å². The van der Waals surface area contributed by atoms with Gasteiger partial charge in [0.15, 0.2) is 0 Å². The third kappa shape index (κ3) is 3.41. The quantitative estimate of drug-likeness (QED) is 0.687. The number of fused-ring (bicyclic) bond motifs is 2. The van der Waals surface area contributed by atoms with Gasteiger partial charge in [0.25, 0.3) is 5.91 Å². The van der Waals surface area contributed by atoms with E-state index < -0.39 is 6.67 Å². The van der Waals surface area contributed by atoms with Gasteiger partial charge in [-0.25, -0.2) is 4.39 Å². The van der Waals surface area contributed by atoms with Crippen molar-refractivity contribution in [3.63, 3.8) is 0 Å².